The highest BCUT2D eigenvalue weighted by Gasteiger charge is 2.41. The van der Waals surface area contributed by atoms with E-state index < -0.39 is 5.97 Å². The maximum Gasteiger partial charge on any atom is 0.357 e. The minimum Gasteiger partial charge on any atom is -0.457 e. The van der Waals surface area contributed by atoms with Gasteiger partial charge in [-0.3, -0.25) is 4.79 Å². The van der Waals surface area contributed by atoms with Crippen LogP contribution in [0.1, 0.15) is 60.5 Å². The van der Waals surface area contributed by atoms with Crippen molar-refractivity contribution in [2.75, 3.05) is 13.6 Å². The number of hydrogen-bond acceptors (Lipinski definition) is 4. The van der Waals surface area contributed by atoms with Gasteiger partial charge >= 0.3 is 5.97 Å². The molecule has 2 saturated carbocycles. The van der Waals surface area contributed by atoms with E-state index in [4.69, 9.17) is 4.74 Å². The third kappa shape index (κ3) is 3.60. The van der Waals surface area contributed by atoms with Crippen molar-refractivity contribution in [3.05, 3.63) is 29.6 Å². The van der Waals surface area contributed by atoms with E-state index in [-0.39, 0.29) is 17.7 Å². The van der Waals surface area contributed by atoms with Crippen molar-refractivity contribution >= 4 is 11.9 Å². The molecular weight excluding hydrogens is 304 g/mol. The van der Waals surface area contributed by atoms with Gasteiger partial charge in [-0.2, -0.15) is 0 Å². The molecular formula is C19H26N2O3. The summed E-state index contributed by atoms with van der Waals surface area (Å²) < 4.78 is 5.66. The first-order valence-electron chi connectivity index (χ1n) is 8.87. The summed E-state index contributed by atoms with van der Waals surface area (Å²) >= 11 is 0. The molecule has 3 atom stereocenters. The predicted octanol–water partition coefficient (Wildman–Crippen LogP) is 3.16. The second kappa shape index (κ2) is 6.91. The number of fused-ring (bicyclic) bond motifs is 2. The Morgan fingerprint density at radius 3 is 2.62 bits per heavy atom. The smallest absolute Gasteiger partial charge is 0.357 e. The summed E-state index contributed by atoms with van der Waals surface area (Å²) in [5, 5.41) is 0. The third-order valence-corrected chi connectivity index (χ3v) is 5.09. The molecule has 0 radical (unpaired) electrons. The Bertz CT molecular complexity index is 629. The average molecular weight is 330 g/mol. The summed E-state index contributed by atoms with van der Waals surface area (Å²) in [4.78, 5) is 30.7. The fourth-order valence-electron chi connectivity index (χ4n) is 4.02. The third-order valence-electron chi connectivity index (χ3n) is 5.09. The first kappa shape index (κ1) is 16.9. The van der Waals surface area contributed by atoms with Crippen molar-refractivity contribution < 1.29 is 14.3 Å². The van der Waals surface area contributed by atoms with E-state index in [1.807, 2.05) is 0 Å². The van der Waals surface area contributed by atoms with Crippen molar-refractivity contribution in [3.63, 3.8) is 0 Å². The lowest BCUT2D eigenvalue weighted by molar-refractivity contribution is 0.0152. The lowest BCUT2D eigenvalue weighted by atomic mass is 9.98. The van der Waals surface area contributed by atoms with E-state index in [1.165, 1.54) is 12.8 Å². The Hall–Kier alpha value is -1.91. The zero-order valence-corrected chi connectivity index (χ0v) is 14.7. The van der Waals surface area contributed by atoms with E-state index in [1.54, 1.807) is 30.1 Å². The van der Waals surface area contributed by atoms with Gasteiger partial charge in [0.1, 0.15) is 17.5 Å². The molecule has 1 aromatic rings. The number of rotatable bonds is 5. The fourth-order valence-corrected chi connectivity index (χ4v) is 4.02. The van der Waals surface area contributed by atoms with E-state index in [2.05, 4.69) is 18.8 Å². The molecule has 0 aliphatic heterocycles. The van der Waals surface area contributed by atoms with E-state index in [9.17, 15) is 9.59 Å². The van der Waals surface area contributed by atoms with Crippen LogP contribution in [0.3, 0.4) is 0 Å². The SMILES string of the molecule is CC(C)CN(C)C(=O)c1cccc(C(=O)O[C@@H]2C[C@H]3CC[C@H]2C3)n1. The van der Waals surface area contributed by atoms with Crippen LogP contribution in [0.4, 0.5) is 0 Å². The number of nitrogens with zero attached hydrogens (tertiary/aromatic N) is 2. The molecule has 0 unspecified atom stereocenters. The summed E-state index contributed by atoms with van der Waals surface area (Å²) in [6, 6.07) is 4.96. The van der Waals surface area contributed by atoms with Crippen LogP contribution in [0.25, 0.3) is 0 Å². The molecule has 1 aromatic heterocycles. The van der Waals surface area contributed by atoms with Gasteiger partial charge in [-0.15, -0.1) is 0 Å². The van der Waals surface area contributed by atoms with Gasteiger partial charge in [0, 0.05) is 13.6 Å². The minimum absolute atomic E-state index is 0.0287. The van der Waals surface area contributed by atoms with E-state index in [0.29, 0.717) is 24.1 Å². The molecule has 1 heterocycles. The molecule has 5 nitrogen and oxygen atoms in total. The van der Waals surface area contributed by atoms with Crippen LogP contribution in [-0.2, 0) is 4.74 Å². The number of amides is 1. The average Bonchev–Trinajstić information content (AvgIpc) is 3.16. The van der Waals surface area contributed by atoms with Crippen molar-refractivity contribution in [1.29, 1.82) is 0 Å². The summed E-state index contributed by atoms with van der Waals surface area (Å²) in [6.45, 7) is 4.76. The van der Waals surface area contributed by atoms with Crippen LogP contribution in [0, 0.1) is 17.8 Å². The Morgan fingerprint density at radius 2 is 2.00 bits per heavy atom. The molecule has 130 valence electrons. The molecule has 1 amide bonds. The quantitative estimate of drug-likeness (QED) is 0.778. The van der Waals surface area contributed by atoms with Gasteiger partial charge in [-0.1, -0.05) is 19.9 Å². The highest BCUT2D eigenvalue weighted by atomic mass is 16.5. The Labute approximate surface area is 143 Å². The van der Waals surface area contributed by atoms with Crippen LogP contribution < -0.4 is 0 Å². The first-order chi connectivity index (χ1) is 11.4. The van der Waals surface area contributed by atoms with Gasteiger partial charge in [-0.25, -0.2) is 9.78 Å². The first-order valence-corrected chi connectivity index (χ1v) is 8.87. The van der Waals surface area contributed by atoms with Gasteiger partial charge in [0.2, 0.25) is 0 Å². The number of hydrogen-bond donors (Lipinski definition) is 0. The summed E-state index contributed by atoms with van der Waals surface area (Å²) in [6.07, 6.45) is 4.62. The second-order valence-electron chi connectivity index (χ2n) is 7.61. The topological polar surface area (TPSA) is 59.5 Å². The lowest BCUT2D eigenvalue weighted by Crippen LogP contribution is -2.31. The summed E-state index contributed by atoms with van der Waals surface area (Å²) in [5.74, 6) is 1.04. The molecule has 3 rings (SSSR count). The molecule has 5 heteroatoms. The van der Waals surface area contributed by atoms with Crippen LogP contribution in [-0.4, -0.2) is 41.5 Å². The Morgan fingerprint density at radius 1 is 1.25 bits per heavy atom. The number of carbonyl (C=O) groups excluding carboxylic acids is 2. The zero-order valence-electron chi connectivity index (χ0n) is 14.7. The fraction of sp³-hybridized carbons (Fsp3) is 0.632. The highest BCUT2D eigenvalue weighted by molar-refractivity contribution is 5.94. The number of esters is 1. The molecule has 0 N–H and O–H groups in total. The number of pyridine rings is 1. The van der Waals surface area contributed by atoms with Crippen LogP contribution in [0.15, 0.2) is 18.2 Å². The molecule has 0 aromatic carbocycles. The van der Waals surface area contributed by atoms with Crippen LogP contribution in [0.5, 0.6) is 0 Å². The second-order valence-corrected chi connectivity index (χ2v) is 7.61. The maximum atomic E-state index is 12.4. The van der Waals surface area contributed by atoms with Crippen LogP contribution in [0.2, 0.25) is 0 Å². The molecule has 2 fully saturated rings. The molecule has 2 bridgehead atoms. The Balaban J connectivity index is 1.66. The van der Waals surface area contributed by atoms with Crippen molar-refractivity contribution in [2.45, 2.75) is 45.6 Å². The monoisotopic (exact) mass is 330 g/mol. The zero-order chi connectivity index (χ0) is 17.3. The molecule has 2 aliphatic rings. The molecule has 0 spiro atoms. The molecule has 2 aliphatic carbocycles. The van der Waals surface area contributed by atoms with Crippen molar-refractivity contribution in [1.82, 2.24) is 9.88 Å². The van der Waals surface area contributed by atoms with Crippen molar-refractivity contribution in [3.8, 4) is 0 Å². The molecule has 0 saturated heterocycles. The Kier molecular flexibility index (Phi) is 4.88. The minimum atomic E-state index is -0.409. The lowest BCUT2D eigenvalue weighted by Gasteiger charge is -2.22. The van der Waals surface area contributed by atoms with Gasteiger partial charge in [0.25, 0.3) is 5.91 Å². The van der Waals surface area contributed by atoms with E-state index >= 15 is 0 Å². The largest absolute Gasteiger partial charge is 0.457 e. The normalized spacial score (nSPS) is 25.1. The predicted molar refractivity (Wildman–Crippen MR) is 90.7 cm³/mol. The van der Waals surface area contributed by atoms with E-state index in [0.717, 1.165) is 18.8 Å². The maximum absolute atomic E-state index is 12.4. The summed E-state index contributed by atoms with van der Waals surface area (Å²) in [5.41, 5.74) is 0.516. The van der Waals surface area contributed by atoms with Crippen LogP contribution >= 0.6 is 0 Å². The molecule has 24 heavy (non-hydrogen) atoms. The van der Waals surface area contributed by atoms with Gasteiger partial charge < -0.3 is 9.64 Å². The number of carbonyl (C=O) groups is 2. The summed E-state index contributed by atoms with van der Waals surface area (Å²) in [7, 11) is 1.75. The van der Waals surface area contributed by atoms with Gasteiger partial charge in [0.05, 0.1) is 0 Å². The number of ether oxygens (including phenoxy) is 1. The van der Waals surface area contributed by atoms with Gasteiger partial charge in [0.15, 0.2) is 0 Å². The number of aromatic nitrogens is 1. The van der Waals surface area contributed by atoms with Crippen molar-refractivity contribution in [2.24, 2.45) is 17.8 Å². The standard InChI is InChI=1S/C19H26N2O3/c1-12(2)11-21(3)18(22)15-5-4-6-16(20-15)19(23)24-17-10-13-7-8-14(17)9-13/h4-6,12-14,17H,7-11H2,1-3H3/t13-,14-,17+/m0/s1. The highest BCUT2D eigenvalue weighted by Crippen LogP contribution is 2.46. The van der Waals surface area contributed by atoms with Gasteiger partial charge in [-0.05, 0) is 55.6 Å².